The third kappa shape index (κ3) is 3.16. The number of halogens is 3. The minimum atomic E-state index is 0.363. The Hall–Kier alpha value is -1.47. The Balaban J connectivity index is 2.19. The summed E-state index contributed by atoms with van der Waals surface area (Å²) >= 11 is 24.9. The molecule has 1 aromatic carbocycles. The quantitative estimate of drug-likeness (QED) is 0.489. The van der Waals surface area contributed by atoms with Crippen molar-refractivity contribution in [2.24, 2.45) is 0 Å². The van der Waals surface area contributed by atoms with Crippen LogP contribution in [-0.4, -0.2) is 30.9 Å². The van der Waals surface area contributed by atoms with Gasteiger partial charge >= 0.3 is 0 Å². The molecule has 0 N–H and O–H groups in total. The van der Waals surface area contributed by atoms with Gasteiger partial charge in [0, 0.05) is 24.4 Å². The largest absolute Gasteiger partial charge is 0.495 e. The van der Waals surface area contributed by atoms with Crippen molar-refractivity contribution in [3.63, 3.8) is 0 Å². The van der Waals surface area contributed by atoms with E-state index >= 15 is 0 Å². The number of aromatic nitrogens is 1. The molecule has 0 spiro atoms. The van der Waals surface area contributed by atoms with Gasteiger partial charge in [0.05, 0.1) is 32.1 Å². The molecule has 1 aromatic heterocycles. The van der Waals surface area contributed by atoms with Crippen molar-refractivity contribution in [3.8, 4) is 11.5 Å². The molecule has 0 radical (unpaired) electrons. The Kier molecular flexibility index (Phi) is 5.67. The number of methoxy groups -OCH3 is 2. The lowest BCUT2D eigenvalue weighted by Crippen LogP contribution is -2.47. The normalized spacial score (nSPS) is 13.7. The lowest BCUT2D eigenvalue weighted by atomic mass is 10.1. The Bertz CT molecular complexity index is 851. The zero-order chi connectivity index (χ0) is 19.0. The van der Waals surface area contributed by atoms with Gasteiger partial charge in [-0.25, -0.2) is 4.98 Å². The minimum Gasteiger partial charge on any atom is -0.495 e. The highest BCUT2D eigenvalue weighted by Crippen LogP contribution is 2.48. The molecule has 1 aliphatic rings. The monoisotopic (exact) mass is 431 g/mol. The molecular formula is C17H16Cl3N3O2S. The van der Waals surface area contributed by atoms with Gasteiger partial charge in [-0.15, -0.1) is 0 Å². The molecule has 0 fully saturated rings. The number of fused-ring (bicyclic) bond motifs is 1. The van der Waals surface area contributed by atoms with Crippen LogP contribution in [0.2, 0.25) is 15.2 Å². The van der Waals surface area contributed by atoms with Gasteiger partial charge in [-0.3, -0.25) is 0 Å². The number of benzene rings is 1. The van der Waals surface area contributed by atoms with Crippen LogP contribution in [0.1, 0.15) is 12.5 Å². The molecule has 0 aliphatic carbocycles. The van der Waals surface area contributed by atoms with Crippen molar-refractivity contribution in [1.82, 2.24) is 4.98 Å². The van der Waals surface area contributed by atoms with E-state index in [2.05, 4.69) is 4.98 Å². The number of pyridine rings is 1. The molecule has 138 valence electrons. The maximum atomic E-state index is 6.56. The zero-order valence-electron chi connectivity index (χ0n) is 14.3. The first-order chi connectivity index (χ1) is 12.4. The van der Waals surface area contributed by atoms with Crippen LogP contribution in [0.25, 0.3) is 0 Å². The Morgan fingerprint density at radius 3 is 2.27 bits per heavy atom. The lowest BCUT2D eigenvalue weighted by Gasteiger charge is -2.40. The highest BCUT2D eigenvalue weighted by Gasteiger charge is 2.32. The third-order valence-electron chi connectivity index (χ3n) is 4.15. The smallest absolute Gasteiger partial charge is 0.181 e. The second-order valence-electron chi connectivity index (χ2n) is 5.51. The fourth-order valence-electron chi connectivity index (χ4n) is 2.90. The van der Waals surface area contributed by atoms with E-state index in [-0.39, 0.29) is 0 Å². The first-order valence-corrected chi connectivity index (χ1v) is 9.30. The molecule has 0 amide bonds. The van der Waals surface area contributed by atoms with E-state index in [1.54, 1.807) is 18.3 Å². The van der Waals surface area contributed by atoms with E-state index in [0.717, 1.165) is 11.3 Å². The molecule has 5 nitrogen and oxygen atoms in total. The molecule has 0 atom stereocenters. The van der Waals surface area contributed by atoms with E-state index in [1.807, 2.05) is 16.7 Å². The van der Waals surface area contributed by atoms with E-state index in [1.165, 1.54) is 14.2 Å². The number of hydrogen-bond acceptors (Lipinski definition) is 4. The SMILES string of the molecule is CCN1C(=S)N(c2c(Cl)c(OC)cc(OC)c2Cl)Cc2cnc(Cl)cc21. The molecule has 0 saturated carbocycles. The van der Waals surface area contributed by atoms with Crippen molar-refractivity contribution in [3.05, 3.63) is 39.1 Å². The number of anilines is 2. The van der Waals surface area contributed by atoms with Crippen molar-refractivity contribution in [2.75, 3.05) is 30.6 Å². The average Bonchev–Trinajstić information content (AvgIpc) is 2.63. The first-order valence-electron chi connectivity index (χ1n) is 7.76. The zero-order valence-corrected chi connectivity index (χ0v) is 17.4. The van der Waals surface area contributed by atoms with Gasteiger partial charge in [-0.05, 0) is 25.2 Å². The highest BCUT2D eigenvalue weighted by atomic mass is 35.5. The Morgan fingerprint density at radius 2 is 1.73 bits per heavy atom. The van der Waals surface area contributed by atoms with Gasteiger partial charge < -0.3 is 19.3 Å². The number of hydrogen-bond donors (Lipinski definition) is 0. The molecule has 2 heterocycles. The molecule has 2 aromatic rings. The lowest BCUT2D eigenvalue weighted by molar-refractivity contribution is 0.395. The summed E-state index contributed by atoms with van der Waals surface area (Å²) in [5, 5.41) is 1.70. The highest BCUT2D eigenvalue weighted by molar-refractivity contribution is 7.80. The summed E-state index contributed by atoms with van der Waals surface area (Å²) < 4.78 is 10.7. The van der Waals surface area contributed by atoms with Crippen LogP contribution in [0.5, 0.6) is 11.5 Å². The van der Waals surface area contributed by atoms with Crippen LogP contribution < -0.4 is 19.3 Å². The molecule has 0 unspecified atom stereocenters. The predicted octanol–water partition coefficient (Wildman–Crippen LogP) is 5.19. The third-order valence-corrected chi connectivity index (χ3v) is 5.52. The van der Waals surface area contributed by atoms with Crippen LogP contribution in [0.3, 0.4) is 0 Å². The summed E-state index contributed by atoms with van der Waals surface area (Å²) in [7, 11) is 3.07. The van der Waals surface area contributed by atoms with E-state index in [4.69, 9.17) is 56.5 Å². The number of rotatable bonds is 4. The standard InChI is InChI=1S/C17H16Cl3N3O2S/c1-4-22-10-5-13(18)21-7-9(10)8-23(17(22)26)16-14(19)11(24-2)6-12(25-3)15(16)20/h5-7H,4,8H2,1-3H3. The molecule has 1 aliphatic heterocycles. The maximum absolute atomic E-state index is 6.56. The molecular weight excluding hydrogens is 417 g/mol. The summed E-state index contributed by atoms with van der Waals surface area (Å²) in [5.41, 5.74) is 2.42. The molecule has 9 heteroatoms. The predicted molar refractivity (Wildman–Crippen MR) is 111 cm³/mol. The second-order valence-corrected chi connectivity index (χ2v) is 7.01. The van der Waals surface area contributed by atoms with Gasteiger partial charge in [0.15, 0.2) is 5.11 Å². The summed E-state index contributed by atoms with van der Waals surface area (Å²) in [6, 6.07) is 3.45. The molecule has 0 bridgehead atoms. The molecule has 26 heavy (non-hydrogen) atoms. The maximum Gasteiger partial charge on any atom is 0.181 e. The van der Waals surface area contributed by atoms with E-state index < -0.39 is 0 Å². The first kappa shape index (κ1) is 19.3. The van der Waals surface area contributed by atoms with Crippen LogP contribution in [-0.2, 0) is 6.54 Å². The van der Waals surface area contributed by atoms with Crippen molar-refractivity contribution >= 4 is 63.5 Å². The summed E-state index contributed by atoms with van der Waals surface area (Å²) in [4.78, 5) is 7.99. The van der Waals surface area contributed by atoms with Gasteiger partial charge in [-0.1, -0.05) is 34.8 Å². The van der Waals surface area contributed by atoms with E-state index in [9.17, 15) is 0 Å². The van der Waals surface area contributed by atoms with Gasteiger partial charge in [0.1, 0.15) is 26.7 Å². The Labute approximate surface area is 172 Å². The summed E-state index contributed by atoms with van der Waals surface area (Å²) in [6.45, 7) is 3.10. The number of nitrogens with zero attached hydrogens (tertiary/aromatic N) is 3. The number of ether oxygens (including phenoxy) is 2. The fourth-order valence-corrected chi connectivity index (χ4v) is 4.14. The second kappa shape index (κ2) is 7.64. The summed E-state index contributed by atoms with van der Waals surface area (Å²) in [6.07, 6.45) is 1.73. The molecule has 3 rings (SSSR count). The van der Waals surface area contributed by atoms with Crippen molar-refractivity contribution in [2.45, 2.75) is 13.5 Å². The molecule has 0 saturated heterocycles. The summed E-state index contributed by atoms with van der Waals surface area (Å²) in [5.74, 6) is 0.905. The van der Waals surface area contributed by atoms with Gasteiger partial charge in [-0.2, -0.15) is 0 Å². The minimum absolute atomic E-state index is 0.363. The number of thiocarbonyl (C=S) groups is 1. The van der Waals surface area contributed by atoms with Crippen LogP contribution in [0.4, 0.5) is 11.4 Å². The fraction of sp³-hybridized carbons (Fsp3) is 0.294. The average molecular weight is 433 g/mol. The van der Waals surface area contributed by atoms with Crippen molar-refractivity contribution in [1.29, 1.82) is 0 Å². The van der Waals surface area contributed by atoms with E-state index in [0.29, 0.717) is 50.6 Å². The topological polar surface area (TPSA) is 37.8 Å². The van der Waals surface area contributed by atoms with Crippen LogP contribution >= 0.6 is 47.0 Å². The Morgan fingerprint density at radius 1 is 1.12 bits per heavy atom. The van der Waals surface area contributed by atoms with Crippen molar-refractivity contribution < 1.29 is 9.47 Å². The van der Waals surface area contributed by atoms with Crippen LogP contribution in [0, 0.1) is 0 Å². The van der Waals surface area contributed by atoms with Crippen LogP contribution in [0.15, 0.2) is 18.3 Å². The van der Waals surface area contributed by atoms with Gasteiger partial charge in [0.25, 0.3) is 0 Å². The van der Waals surface area contributed by atoms with Gasteiger partial charge in [0.2, 0.25) is 0 Å².